The van der Waals surface area contributed by atoms with Gasteiger partial charge in [-0.15, -0.1) is 0 Å². The van der Waals surface area contributed by atoms with Gasteiger partial charge in [0.1, 0.15) is 0 Å². The molecule has 4 aromatic carbocycles. The van der Waals surface area contributed by atoms with Crippen molar-refractivity contribution in [2.75, 3.05) is 5.32 Å². The minimum atomic E-state index is 0.740. The van der Waals surface area contributed by atoms with Crippen molar-refractivity contribution >= 4 is 34.6 Å². The third kappa shape index (κ3) is 5.78. The Kier molecular flexibility index (Phi) is 7.83. The molecule has 0 fully saturated rings. The highest BCUT2D eigenvalue weighted by Gasteiger charge is 2.14. The first-order chi connectivity index (χ1) is 18.4. The molecule has 5 aromatic rings. The Morgan fingerprint density at radius 2 is 1.05 bits per heavy atom. The van der Waals surface area contributed by atoms with Gasteiger partial charge in [0.05, 0.1) is 11.4 Å². The van der Waals surface area contributed by atoms with Crippen LogP contribution in [0.3, 0.4) is 0 Å². The molecule has 0 saturated heterocycles. The van der Waals surface area contributed by atoms with E-state index in [1.165, 1.54) is 16.7 Å². The number of halogens is 2. The van der Waals surface area contributed by atoms with E-state index >= 15 is 0 Å². The van der Waals surface area contributed by atoms with E-state index in [-0.39, 0.29) is 0 Å². The van der Waals surface area contributed by atoms with Gasteiger partial charge >= 0.3 is 0 Å². The Balaban J connectivity index is 1.60. The highest BCUT2D eigenvalue weighted by Crippen LogP contribution is 2.35. The molecule has 5 rings (SSSR count). The average molecular weight is 538 g/mol. The van der Waals surface area contributed by atoms with Crippen LogP contribution >= 0.6 is 23.2 Å². The lowest BCUT2D eigenvalue weighted by molar-refractivity contribution is 1.13. The SMILES string of the molecule is CCc1cc(Cl)ccc1-c1cc(-c2ccc(Nc3ccc(C)cc3)cc2)cc(-c2ccc(Cl)cc2CC)n1. The Morgan fingerprint density at radius 1 is 0.579 bits per heavy atom. The quantitative estimate of drug-likeness (QED) is 0.223. The Bertz CT molecular complexity index is 1500. The molecular formula is C34H30Cl2N2. The van der Waals surface area contributed by atoms with Crippen LogP contribution in [-0.2, 0) is 12.8 Å². The van der Waals surface area contributed by atoms with Crippen molar-refractivity contribution in [1.82, 2.24) is 4.98 Å². The van der Waals surface area contributed by atoms with E-state index in [0.29, 0.717) is 0 Å². The van der Waals surface area contributed by atoms with E-state index in [4.69, 9.17) is 28.2 Å². The monoisotopic (exact) mass is 536 g/mol. The van der Waals surface area contributed by atoms with Gasteiger partial charge in [-0.2, -0.15) is 0 Å². The van der Waals surface area contributed by atoms with Crippen molar-refractivity contribution < 1.29 is 0 Å². The summed E-state index contributed by atoms with van der Waals surface area (Å²) in [6.45, 7) is 6.39. The fourth-order valence-corrected chi connectivity index (χ4v) is 5.12. The number of rotatable bonds is 7. The van der Waals surface area contributed by atoms with Crippen LogP contribution in [-0.4, -0.2) is 4.98 Å². The zero-order valence-corrected chi connectivity index (χ0v) is 23.4. The second kappa shape index (κ2) is 11.4. The molecule has 0 saturated carbocycles. The van der Waals surface area contributed by atoms with Gasteiger partial charge in [0.15, 0.2) is 0 Å². The van der Waals surface area contributed by atoms with Crippen molar-refractivity contribution in [3.8, 4) is 33.6 Å². The third-order valence-electron chi connectivity index (χ3n) is 6.83. The van der Waals surface area contributed by atoms with Crippen LogP contribution in [0.5, 0.6) is 0 Å². The number of aromatic nitrogens is 1. The predicted octanol–water partition coefficient (Wildman–Crippen LogP) is 10.6. The van der Waals surface area contributed by atoms with Gasteiger partial charge in [0, 0.05) is 32.5 Å². The van der Waals surface area contributed by atoms with Gasteiger partial charge in [-0.25, -0.2) is 4.98 Å². The molecule has 0 amide bonds. The van der Waals surface area contributed by atoms with Crippen LogP contribution in [0.15, 0.2) is 97.1 Å². The molecule has 1 heterocycles. The summed E-state index contributed by atoms with van der Waals surface area (Å²) in [4.78, 5) is 5.16. The highest BCUT2D eigenvalue weighted by molar-refractivity contribution is 6.31. The summed E-state index contributed by atoms with van der Waals surface area (Å²) < 4.78 is 0. The minimum absolute atomic E-state index is 0.740. The molecule has 0 aliphatic rings. The maximum atomic E-state index is 6.33. The number of pyridine rings is 1. The summed E-state index contributed by atoms with van der Waals surface area (Å²) in [5.74, 6) is 0. The van der Waals surface area contributed by atoms with Gasteiger partial charge in [0.2, 0.25) is 0 Å². The van der Waals surface area contributed by atoms with Crippen LogP contribution < -0.4 is 5.32 Å². The third-order valence-corrected chi connectivity index (χ3v) is 7.30. The Hall–Kier alpha value is -3.59. The summed E-state index contributed by atoms with van der Waals surface area (Å²) in [7, 11) is 0. The summed E-state index contributed by atoms with van der Waals surface area (Å²) in [5, 5.41) is 4.97. The standard InChI is InChI=1S/C34H30Cl2N2/c1-4-23-18-27(35)10-16-31(23)33-20-26(21-34(38-33)32-17-11-28(36)19-24(32)5-2)25-8-14-30(15-9-25)37-29-12-6-22(3)7-13-29/h6-21,37H,4-5H2,1-3H3. The Morgan fingerprint density at radius 3 is 1.53 bits per heavy atom. The van der Waals surface area contributed by atoms with Gasteiger partial charge in [0.25, 0.3) is 0 Å². The summed E-state index contributed by atoms with van der Waals surface area (Å²) >= 11 is 12.7. The minimum Gasteiger partial charge on any atom is -0.356 e. The predicted molar refractivity (Wildman–Crippen MR) is 164 cm³/mol. The number of aryl methyl sites for hydroxylation is 3. The molecule has 2 nitrogen and oxygen atoms in total. The molecule has 190 valence electrons. The van der Waals surface area contributed by atoms with E-state index < -0.39 is 0 Å². The van der Waals surface area contributed by atoms with Crippen LogP contribution in [0.1, 0.15) is 30.5 Å². The van der Waals surface area contributed by atoms with Crippen molar-refractivity contribution in [3.05, 3.63) is 124 Å². The number of anilines is 2. The van der Waals surface area contributed by atoms with E-state index in [1.54, 1.807) is 0 Å². The largest absolute Gasteiger partial charge is 0.356 e. The highest BCUT2D eigenvalue weighted by atomic mass is 35.5. The number of hydrogen-bond donors (Lipinski definition) is 1. The maximum absolute atomic E-state index is 6.33. The molecule has 1 aromatic heterocycles. The summed E-state index contributed by atoms with van der Waals surface area (Å²) in [6, 6.07) is 33.4. The molecule has 0 bridgehead atoms. The second-order valence-electron chi connectivity index (χ2n) is 9.50. The number of nitrogens with zero attached hydrogens (tertiary/aromatic N) is 1. The lowest BCUT2D eigenvalue weighted by Crippen LogP contribution is -1.97. The first-order valence-electron chi connectivity index (χ1n) is 13.0. The lowest BCUT2D eigenvalue weighted by Gasteiger charge is -2.15. The van der Waals surface area contributed by atoms with Crippen LogP contribution in [0.4, 0.5) is 11.4 Å². The second-order valence-corrected chi connectivity index (χ2v) is 10.4. The molecule has 0 spiro atoms. The number of benzene rings is 4. The van der Waals surface area contributed by atoms with E-state index in [2.05, 4.69) is 98.9 Å². The molecule has 0 aliphatic heterocycles. The zero-order valence-electron chi connectivity index (χ0n) is 21.9. The first-order valence-corrected chi connectivity index (χ1v) is 13.7. The molecule has 1 N–H and O–H groups in total. The van der Waals surface area contributed by atoms with Crippen molar-refractivity contribution in [2.45, 2.75) is 33.6 Å². The van der Waals surface area contributed by atoms with Gasteiger partial charge in [-0.1, -0.05) is 79.0 Å². The van der Waals surface area contributed by atoms with Crippen molar-refractivity contribution in [2.24, 2.45) is 0 Å². The lowest BCUT2D eigenvalue weighted by atomic mass is 9.95. The molecular weight excluding hydrogens is 507 g/mol. The fraction of sp³-hybridized carbons (Fsp3) is 0.147. The zero-order chi connectivity index (χ0) is 26.6. The van der Waals surface area contributed by atoms with Gasteiger partial charge in [-0.05, 0) is 103 Å². The molecule has 0 atom stereocenters. The van der Waals surface area contributed by atoms with Gasteiger partial charge < -0.3 is 5.32 Å². The fourth-order valence-electron chi connectivity index (χ4n) is 4.73. The number of hydrogen-bond acceptors (Lipinski definition) is 2. The number of nitrogens with one attached hydrogen (secondary N) is 1. The van der Waals surface area contributed by atoms with Crippen LogP contribution in [0.25, 0.3) is 33.6 Å². The molecule has 38 heavy (non-hydrogen) atoms. The van der Waals surface area contributed by atoms with Crippen LogP contribution in [0.2, 0.25) is 10.0 Å². The first kappa shape index (κ1) is 26.0. The molecule has 0 radical (unpaired) electrons. The smallest absolute Gasteiger partial charge is 0.0718 e. The summed E-state index contributed by atoms with van der Waals surface area (Å²) in [5.41, 5.74) is 12.0. The van der Waals surface area contributed by atoms with Crippen molar-refractivity contribution in [1.29, 1.82) is 0 Å². The average Bonchev–Trinajstić information content (AvgIpc) is 2.94. The topological polar surface area (TPSA) is 24.9 Å². The Labute approximate surface area is 235 Å². The molecule has 0 aliphatic carbocycles. The maximum Gasteiger partial charge on any atom is 0.0718 e. The van der Waals surface area contributed by atoms with Gasteiger partial charge in [-0.3, -0.25) is 0 Å². The van der Waals surface area contributed by atoms with E-state index in [1.807, 2.05) is 24.3 Å². The molecule has 4 heteroatoms. The van der Waals surface area contributed by atoms with E-state index in [9.17, 15) is 0 Å². The van der Waals surface area contributed by atoms with E-state index in [0.717, 1.165) is 67.9 Å². The summed E-state index contributed by atoms with van der Waals surface area (Å²) in [6.07, 6.45) is 1.75. The van der Waals surface area contributed by atoms with Crippen LogP contribution in [0, 0.1) is 6.92 Å². The molecule has 0 unspecified atom stereocenters. The van der Waals surface area contributed by atoms with Crippen molar-refractivity contribution in [3.63, 3.8) is 0 Å². The normalized spacial score (nSPS) is 11.0.